The van der Waals surface area contributed by atoms with Gasteiger partial charge in [-0.2, -0.15) is 18.4 Å². The zero-order chi connectivity index (χ0) is 18.5. The Morgan fingerprint density at radius 2 is 2.00 bits per heavy atom. The molecule has 132 valence electrons. The molecule has 2 heterocycles. The lowest BCUT2D eigenvalue weighted by Gasteiger charge is -2.13. The summed E-state index contributed by atoms with van der Waals surface area (Å²) in [6, 6.07) is 9.23. The highest BCUT2D eigenvalue weighted by atomic mass is 35.5. The minimum atomic E-state index is -4.48. The molecule has 4 rings (SSSR count). The number of halogens is 4. The van der Waals surface area contributed by atoms with Crippen LogP contribution in [0.4, 0.5) is 13.2 Å². The average molecular weight is 376 g/mol. The van der Waals surface area contributed by atoms with Gasteiger partial charge in [0.05, 0.1) is 22.9 Å². The van der Waals surface area contributed by atoms with Crippen LogP contribution in [-0.4, -0.2) is 9.38 Å². The van der Waals surface area contributed by atoms with Crippen molar-refractivity contribution in [2.45, 2.75) is 31.4 Å². The van der Waals surface area contributed by atoms with Crippen LogP contribution in [0.2, 0.25) is 5.02 Å². The lowest BCUT2D eigenvalue weighted by atomic mass is 10.0. The molecule has 0 radical (unpaired) electrons. The minimum Gasteiger partial charge on any atom is -0.303 e. The Bertz CT molecular complexity index is 1040. The number of alkyl halides is 3. The fourth-order valence-electron chi connectivity index (χ4n) is 3.25. The van der Waals surface area contributed by atoms with E-state index in [1.54, 1.807) is 18.3 Å². The van der Waals surface area contributed by atoms with Gasteiger partial charge in [-0.05, 0) is 42.7 Å². The topological polar surface area (TPSA) is 41.1 Å². The maximum absolute atomic E-state index is 13.4. The van der Waals surface area contributed by atoms with E-state index >= 15 is 0 Å². The number of hydrogen-bond acceptors (Lipinski definition) is 2. The van der Waals surface area contributed by atoms with E-state index in [4.69, 9.17) is 16.9 Å². The van der Waals surface area contributed by atoms with Crippen LogP contribution in [0.3, 0.4) is 0 Å². The molecule has 0 aliphatic heterocycles. The first kappa shape index (κ1) is 16.9. The van der Waals surface area contributed by atoms with Crippen molar-refractivity contribution in [3.05, 3.63) is 69.6 Å². The smallest absolute Gasteiger partial charge is 0.303 e. The van der Waals surface area contributed by atoms with Crippen molar-refractivity contribution in [2.24, 2.45) is 0 Å². The fourth-order valence-corrected chi connectivity index (χ4v) is 3.42. The van der Waals surface area contributed by atoms with Gasteiger partial charge >= 0.3 is 6.18 Å². The molecule has 0 unspecified atom stereocenters. The van der Waals surface area contributed by atoms with Crippen LogP contribution >= 0.6 is 11.6 Å². The highest BCUT2D eigenvalue weighted by molar-refractivity contribution is 6.30. The van der Waals surface area contributed by atoms with Gasteiger partial charge in [-0.15, -0.1) is 0 Å². The van der Waals surface area contributed by atoms with E-state index in [1.807, 2.05) is 4.40 Å². The van der Waals surface area contributed by atoms with Crippen molar-refractivity contribution in [2.75, 3.05) is 0 Å². The summed E-state index contributed by atoms with van der Waals surface area (Å²) < 4.78 is 42.0. The monoisotopic (exact) mass is 375 g/mol. The normalized spacial score (nSPS) is 14.6. The lowest BCUT2D eigenvalue weighted by molar-refractivity contribution is -0.138. The van der Waals surface area contributed by atoms with E-state index in [9.17, 15) is 13.2 Å². The third-order valence-corrected chi connectivity index (χ3v) is 4.80. The fraction of sp³-hybridized carbons (Fsp3) is 0.263. The van der Waals surface area contributed by atoms with E-state index in [-0.39, 0.29) is 17.0 Å². The standard InChI is InChI=1S/C19H13ClF3N3/c20-14-4-3-13(15(9-14)19(21,22)23)8-16-18(12-1-2-12)26-6-5-11(10-24)7-17(26)25-16/h3-7,9,12H,1-2,8H2. The van der Waals surface area contributed by atoms with Crippen molar-refractivity contribution >= 4 is 17.2 Å². The van der Waals surface area contributed by atoms with Crippen LogP contribution in [0, 0.1) is 11.3 Å². The number of pyridine rings is 1. The first-order chi connectivity index (χ1) is 12.4. The zero-order valence-electron chi connectivity index (χ0n) is 13.5. The minimum absolute atomic E-state index is 0.0529. The predicted molar refractivity (Wildman–Crippen MR) is 91.1 cm³/mol. The molecule has 1 saturated carbocycles. The van der Waals surface area contributed by atoms with Gasteiger partial charge in [-0.1, -0.05) is 17.7 Å². The molecule has 0 saturated heterocycles. The maximum atomic E-state index is 13.4. The number of hydrogen-bond donors (Lipinski definition) is 0. The number of fused-ring (bicyclic) bond motifs is 1. The van der Waals surface area contributed by atoms with Crippen LogP contribution in [0.1, 0.15) is 46.8 Å². The van der Waals surface area contributed by atoms with Crippen LogP contribution in [-0.2, 0) is 12.6 Å². The van der Waals surface area contributed by atoms with Gasteiger partial charge in [0.2, 0.25) is 0 Å². The number of benzene rings is 1. The molecular formula is C19H13ClF3N3. The van der Waals surface area contributed by atoms with Crippen molar-refractivity contribution < 1.29 is 13.2 Å². The molecule has 3 nitrogen and oxygen atoms in total. The number of nitriles is 1. The second-order valence-electron chi connectivity index (χ2n) is 6.45. The Hall–Kier alpha value is -2.52. The molecule has 0 atom stereocenters. The maximum Gasteiger partial charge on any atom is 0.416 e. The van der Waals surface area contributed by atoms with Crippen molar-refractivity contribution in [3.8, 4) is 6.07 Å². The third-order valence-electron chi connectivity index (χ3n) is 4.57. The molecule has 0 amide bonds. The van der Waals surface area contributed by atoms with E-state index in [1.165, 1.54) is 12.1 Å². The van der Waals surface area contributed by atoms with Gasteiger partial charge in [0.25, 0.3) is 0 Å². The molecule has 1 aromatic carbocycles. The Morgan fingerprint density at radius 3 is 2.65 bits per heavy atom. The van der Waals surface area contributed by atoms with E-state index in [2.05, 4.69) is 11.1 Å². The molecule has 1 aliphatic carbocycles. The third kappa shape index (κ3) is 3.04. The Kier molecular flexibility index (Phi) is 3.92. The number of aromatic nitrogens is 2. The first-order valence-corrected chi connectivity index (χ1v) is 8.51. The molecule has 0 bridgehead atoms. The second kappa shape index (κ2) is 6.03. The van der Waals surface area contributed by atoms with E-state index < -0.39 is 11.7 Å². The molecule has 1 fully saturated rings. The summed E-state index contributed by atoms with van der Waals surface area (Å²) in [6.07, 6.45) is -0.653. The summed E-state index contributed by atoms with van der Waals surface area (Å²) in [6.45, 7) is 0. The second-order valence-corrected chi connectivity index (χ2v) is 6.89. The summed E-state index contributed by atoms with van der Waals surface area (Å²) in [5.41, 5.74) is 2.03. The van der Waals surface area contributed by atoms with E-state index in [0.717, 1.165) is 24.6 Å². The van der Waals surface area contributed by atoms with Gasteiger partial charge in [0.15, 0.2) is 0 Å². The summed E-state index contributed by atoms with van der Waals surface area (Å²) in [5, 5.41) is 9.11. The van der Waals surface area contributed by atoms with Crippen LogP contribution in [0.5, 0.6) is 0 Å². The first-order valence-electron chi connectivity index (χ1n) is 8.13. The van der Waals surface area contributed by atoms with Crippen molar-refractivity contribution in [1.82, 2.24) is 9.38 Å². The molecule has 0 N–H and O–H groups in total. The van der Waals surface area contributed by atoms with Gasteiger partial charge in [0.1, 0.15) is 5.65 Å². The van der Waals surface area contributed by atoms with Crippen molar-refractivity contribution in [1.29, 1.82) is 5.26 Å². The molecule has 7 heteroatoms. The van der Waals surface area contributed by atoms with Crippen LogP contribution < -0.4 is 0 Å². The SMILES string of the molecule is N#Cc1ccn2c(C3CC3)c(Cc3ccc(Cl)cc3C(F)(F)F)nc2c1. The largest absolute Gasteiger partial charge is 0.416 e. The zero-order valence-corrected chi connectivity index (χ0v) is 14.3. The highest BCUT2D eigenvalue weighted by Crippen LogP contribution is 2.43. The van der Waals surface area contributed by atoms with Crippen molar-refractivity contribution in [3.63, 3.8) is 0 Å². The molecule has 3 aromatic rings. The summed E-state index contributed by atoms with van der Waals surface area (Å²) in [4.78, 5) is 4.53. The summed E-state index contributed by atoms with van der Waals surface area (Å²) >= 11 is 5.76. The van der Waals surface area contributed by atoms with Gasteiger partial charge in [-0.3, -0.25) is 0 Å². The number of imidazole rings is 1. The van der Waals surface area contributed by atoms with Gasteiger partial charge < -0.3 is 4.40 Å². The highest BCUT2D eigenvalue weighted by Gasteiger charge is 2.35. The Morgan fingerprint density at radius 1 is 1.23 bits per heavy atom. The number of nitrogens with zero attached hydrogens (tertiary/aromatic N) is 3. The molecule has 0 spiro atoms. The lowest BCUT2D eigenvalue weighted by Crippen LogP contribution is -2.10. The molecule has 2 aromatic heterocycles. The van der Waals surface area contributed by atoms with E-state index in [0.29, 0.717) is 22.8 Å². The van der Waals surface area contributed by atoms with Gasteiger partial charge in [0, 0.05) is 29.3 Å². The number of rotatable bonds is 3. The predicted octanol–water partition coefficient (Wildman–Crippen LogP) is 5.35. The Labute approximate surface area is 152 Å². The quantitative estimate of drug-likeness (QED) is 0.619. The molecule has 1 aliphatic rings. The van der Waals surface area contributed by atoms with Gasteiger partial charge in [-0.25, -0.2) is 4.98 Å². The average Bonchev–Trinajstić information content (AvgIpc) is 3.36. The Balaban J connectivity index is 1.83. The van der Waals surface area contributed by atoms with Crippen LogP contribution in [0.25, 0.3) is 5.65 Å². The summed E-state index contributed by atoms with van der Waals surface area (Å²) in [5.74, 6) is 0.301. The molecular weight excluding hydrogens is 363 g/mol. The molecule has 26 heavy (non-hydrogen) atoms. The summed E-state index contributed by atoms with van der Waals surface area (Å²) in [7, 11) is 0. The van der Waals surface area contributed by atoms with Crippen LogP contribution in [0.15, 0.2) is 36.5 Å².